The number of hydrogen-bond donors (Lipinski definition) is 1. The first-order valence-corrected chi connectivity index (χ1v) is 5.79. The molecule has 1 aromatic carbocycles. The maximum absolute atomic E-state index is 13.7. The second-order valence-corrected chi connectivity index (χ2v) is 3.95. The number of ether oxygens (including phenoxy) is 1. The Morgan fingerprint density at radius 1 is 1.56 bits per heavy atom. The summed E-state index contributed by atoms with van der Waals surface area (Å²) in [4.78, 5) is 9.86. The largest absolute Gasteiger partial charge is 0.380 e. The molecule has 0 bridgehead atoms. The summed E-state index contributed by atoms with van der Waals surface area (Å²) in [5.41, 5.74) is -0.209. The molecule has 18 heavy (non-hydrogen) atoms. The van der Waals surface area contributed by atoms with Crippen molar-refractivity contribution in [1.29, 1.82) is 0 Å². The first-order chi connectivity index (χ1) is 8.56. The highest BCUT2D eigenvalue weighted by Gasteiger charge is 2.17. The van der Waals surface area contributed by atoms with Gasteiger partial charge in [-0.25, -0.2) is 0 Å². The van der Waals surface area contributed by atoms with Crippen LogP contribution in [0.4, 0.5) is 10.1 Å². The minimum absolute atomic E-state index is 0.0589. The lowest BCUT2D eigenvalue weighted by atomic mass is 10.1. The minimum Gasteiger partial charge on any atom is -0.380 e. The van der Waals surface area contributed by atoms with Crippen LogP contribution in [0.3, 0.4) is 0 Å². The number of benzene rings is 1. The molecule has 1 N–H and O–H groups in total. The Morgan fingerprint density at radius 2 is 2.28 bits per heavy atom. The van der Waals surface area contributed by atoms with Crippen LogP contribution >= 0.6 is 0 Å². The number of nitro benzene ring substituents is 1. The SMILES string of the molecule is CCOCC(C)NCc1cccc([N+](=O)[O-])c1F. The molecule has 1 rings (SSSR count). The van der Waals surface area contributed by atoms with Crippen molar-refractivity contribution in [2.45, 2.75) is 26.4 Å². The van der Waals surface area contributed by atoms with Crippen LogP contribution in [0.15, 0.2) is 18.2 Å². The van der Waals surface area contributed by atoms with Crippen molar-refractivity contribution >= 4 is 5.69 Å². The fourth-order valence-corrected chi connectivity index (χ4v) is 1.48. The summed E-state index contributed by atoms with van der Waals surface area (Å²) >= 11 is 0. The Morgan fingerprint density at radius 3 is 2.89 bits per heavy atom. The summed E-state index contributed by atoms with van der Waals surface area (Å²) in [7, 11) is 0. The first-order valence-electron chi connectivity index (χ1n) is 5.79. The van der Waals surface area contributed by atoms with Gasteiger partial charge in [0.25, 0.3) is 0 Å². The average Bonchev–Trinajstić information content (AvgIpc) is 2.34. The summed E-state index contributed by atoms with van der Waals surface area (Å²) < 4.78 is 18.9. The molecule has 100 valence electrons. The maximum atomic E-state index is 13.7. The quantitative estimate of drug-likeness (QED) is 0.600. The topological polar surface area (TPSA) is 64.4 Å². The Labute approximate surface area is 105 Å². The third-order valence-electron chi connectivity index (χ3n) is 2.47. The van der Waals surface area contributed by atoms with Crippen LogP contribution in [-0.4, -0.2) is 24.2 Å². The van der Waals surface area contributed by atoms with Crippen molar-refractivity contribution in [3.05, 3.63) is 39.7 Å². The zero-order valence-corrected chi connectivity index (χ0v) is 10.5. The fourth-order valence-electron chi connectivity index (χ4n) is 1.48. The van der Waals surface area contributed by atoms with E-state index in [1.54, 1.807) is 0 Å². The van der Waals surface area contributed by atoms with Gasteiger partial charge in [-0.2, -0.15) is 4.39 Å². The molecule has 6 heteroatoms. The molecular formula is C12H17FN2O3. The van der Waals surface area contributed by atoms with Crippen LogP contribution in [-0.2, 0) is 11.3 Å². The van der Waals surface area contributed by atoms with E-state index in [0.29, 0.717) is 13.2 Å². The van der Waals surface area contributed by atoms with Crippen LogP contribution in [0.25, 0.3) is 0 Å². The molecule has 0 fully saturated rings. The molecule has 5 nitrogen and oxygen atoms in total. The zero-order valence-electron chi connectivity index (χ0n) is 10.5. The molecule has 0 aliphatic carbocycles. The van der Waals surface area contributed by atoms with Gasteiger partial charge in [0.05, 0.1) is 11.5 Å². The molecule has 0 amide bonds. The summed E-state index contributed by atoms with van der Waals surface area (Å²) in [6, 6.07) is 4.22. The van der Waals surface area contributed by atoms with E-state index >= 15 is 0 Å². The van der Waals surface area contributed by atoms with E-state index in [9.17, 15) is 14.5 Å². The number of nitro groups is 1. The third-order valence-corrected chi connectivity index (χ3v) is 2.47. The van der Waals surface area contributed by atoms with E-state index < -0.39 is 16.4 Å². The third kappa shape index (κ3) is 4.05. The van der Waals surface area contributed by atoms with Gasteiger partial charge in [0, 0.05) is 30.8 Å². The zero-order chi connectivity index (χ0) is 13.5. The Balaban J connectivity index is 2.62. The second kappa shape index (κ2) is 7.03. The van der Waals surface area contributed by atoms with Crippen LogP contribution in [0, 0.1) is 15.9 Å². The van der Waals surface area contributed by atoms with Crippen molar-refractivity contribution in [2.75, 3.05) is 13.2 Å². The lowest BCUT2D eigenvalue weighted by Gasteiger charge is -2.13. The van der Waals surface area contributed by atoms with Gasteiger partial charge in [-0.15, -0.1) is 0 Å². The Hall–Kier alpha value is -1.53. The number of nitrogens with zero attached hydrogens (tertiary/aromatic N) is 1. The normalized spacial score (nSPS) is 12.4. The first kappa shape index (κ1) is 14.5. The Bertz CT molecular complexity index is 412. The van der Waals surface area contributed by atoms with Gasteiger partial charge in [0.15, 0.2) is 0 Å². The van der Waals surface area contributed by atoms with Gasteiger partial charge >= 0.3 is 5.69 Å². The minimum atomic E-state index is -0.779. The average molecular weight is 256 g/mol. The van der Waals surface area contributed by atoms with E-state index in [1.807, 2.05) is 13.8 Å². The molecular weight excluding hydrogens is 239 g/mol. The van der Waals surface area contributed by atoms with Crippen molar-refractivity contribution in [3.8, 4) is 0 Å². The van der Waals surface area contributed by atoms with Crippen molar-refractivity contribution in [1.82, 2.24) is 5.32 Å². The fraction of sp³-hybridized carbons (Fsp3) is 0.500. The highest BCUT2D eigenvalue weighted by Crippen LogP contribution is 2.19. The summed E-state index contributed by atoms with van der Waals surface area (Å²) in [5.74, 6) is -0.779. The predicted octanol–water partition coefficient (Wildman–Crippen LogP) is 2.25. The van der Waals surface area contributed by atoms with Crippen LogP contribution in [0.2, 0.25) is 0 Å². The molecule has 0 spiro atoms. The molecule has 0 saturated heterocycles. The molecule has 0 saturated carbocycles. The van der Waals surface area contributed by atoms with Gasteiger partial charge < -0.3 is 10.1 Å². The number of halogens is 1. The van der Waals surface area contributed by atoms with E-state index in [4.69, 9.17) is 4.74 Å². The van der Waals surface area contributed by atoms with E-state index in [2.05, 4.69) is 5.32 Å². The predicted molar refractivity (Wildman–Crippen MR) is 65.8 cm³/mol. The van der Waals surface area contributed by atoms with Crippen molar-refractivity contribution in [3.63, 3.8) is 0 Å². The lowest BCUT2D eigenvalue weighted by molar-refractivity contribution is -0.387. The molecule has 1 unspecified atom stereocenters. The molecule has 0 aliphatic rings. The van der Waals surface area contributed by atoms with E-state index in [0.717, 1.165) is 6.07 Å². The molecule has 0 radical (unpaired) electrons. The molecule has 0 aliphatic heterocycles. The lowest BCUT2D eigenvalue weighted by Crippen LogP contribution is -2.30. The smallest absolute Gasteiger partial charge is 0.305 e. The van der Waals surface area contributed by atoms with Crippen LogP contribution in [0.1, 0.15) is 19.4 Å². The van der Waals surface area contributed by atoms with Gasteiger partial charge in [0.2, 0.25) is 5.82 Å². The second-order valence-electron chi connectivity index (χ2n) is 3.95. The van der Waals surface area contributed by atoms with Gasteiger partial charge in [-0.3, -0.25) is 10.1 Å². The van der Waals surface area contributed by atoms with E-state index in [1.165, 1.54) is 12.1 Å². The molecule has 0 aromatic heterocycles. The molecule has 1 aromatic rings. The number of rotatable bonds is 7. The van der Waals surface area contributed by atoms with Gasteiger partial charge in [-0.1, -0.05) is 12.1 Å². The summed E-state index contributed by atoms with van der Waals surface area (Å²) in [6.45, 7) is 5.18. The highest BCUT2D eigenvalue weighted by atomic mass is 19.1. The van der Waals surface area contributed by atoms with Crippen molar-refractivity contribution in [2.24, 2.45) is 0 Å². The van der Waals surface area contributed by atoms with Crippen LogP contribution < -0.4 is 5.32 Å². The number of hydrogen-bond acceptors (Lipinski definition) is 4. The molecule has 1 atom stereocenters. The summed E-state index contributed by atoms with van der Waals surface area (Å²) in [6.07, 6.45) is 0. The van der Waals surface area contributed by atoms with Gasteiger partial charge in [0.1, 0.15) is 0 Å². The number of nitrogens with one attached hydrogen (secondary N) is 1. The van der Waals surface area contributed by atoms with E-state index in [-0.39, 0.29) is 18.2 Å². The van der Waals surface area contributed by atoms with Crippen molar-refractivity contribution < 1.29 is 14.1 Å². The van der Waals surface area contributed by atoms with Gasteiger partial charge in [-0.05, 0) is 13.8 Å². The summed E-state index contributed by atoms with van der Waals surface area (Å²) in [5, 5.41) is 13.6. The Kier molecular flexibility index (Phi) is 5.67. The molecule has 0 heterocycles. The van der Waals surface area contributed by atoms with Crippen LogP contribution in [0.5, 0.6) is 0 Å². The maximum Gasteiger partial charge on any atom is 0.305 e. The standard InChI is InChI=1S/C12H17FN2O3/c1-3-18-8-9(2)14-7-10-5-4-6-11(12(10)13)15(16)17/h4-6,9,14H,3,7-8H2,1-2H3. The monoisotopic (exact) mass is 256 g/mol. The highest BCUT2D eigenvalue weighted by molar-refractivity contribution is 5.36.